The average molecular weight is 1560 g/mol. The smallest absolute Gasteiger partial charge is 0.397 e. The second-order valence-corrected chi connectivity index (χ2v) is 27.0. The van der Waals surface area contributed by atoms with Crippen molar-refractivity contribution >= 4 is 46.0 Å². The van der Waals surface area contributed by atoms with Gasteiger partial charge in [-0.1, -0.05) is 0 Å². The zero-order chi connectivity index (χ0) is 78.6. The molecule has 7 fully saturated rings. The van der Waals surface area contributed by atoms with E-state index in [0.717, 1.165) is 34.6 Å². The standard InChI is InChI=1S/C56H92N4O44S/c1-14-31(73)37(79)38(80)50(93-14)100-45-30(60-18(5)68)49(97-26(13-92-105(88,89)90)41(45)98-51-39(81)46(34(76)23(10-63)95-51)103-55(53(84)85)6-19(69)27(57-15(2)65)43(101-55)32(74)21(71)8-61)91-12-25-36(78)42(29(48(83)94-25)59-17(4)67)99-52-40(82)47(35(77)24(11-64)96-52)104-56(54(86)87)7-20(70)28(58-16(3)66)44(102-56)33(75)22(72)9-62/h14,19-52,61-64,69-83H,6-13H2,1-5H3,(H,57,65)(H,58,66)(H,59,67)(H,60,68)(H,84,85)(H,86,87)(H,88,89,90)/t14-,19-,20-,21+,22+,23+,24+,25+,26+,27+,28+,29+,30+,31+,32+,33+,34-,35-,36-,37+,38-,39+,40+,41+,42+,43+,44+,45+,46-,47-,48-,49+,50-,51-,52-,55-,56-/m0/s1. The largest absolute Gasteiger partial charge is 0.477 e. The summed E-state index contributed by atoms with van der Waals surface area (Å²) in [4.78, 5) is 77.1. The van der Waals surface area contributed by atoms with E-state index in [2.05, 4.69) is 25.5 Å². The molecule has 7 rings (SSSR count). The fourth-order valence-electron chi connectivity index (χ4n) is 13.0. The molecule has 48 nitrogen and oxygen atoms in total. The van der Waals surface area contributed by atoms with Crippen molar-refractivity contribution in [2.75, 3.05) is 39.6 Å². The molecule has 0 aromatic heterocycles. The van der Waals surface area contributed by atoms with Crippen LogP contribution in [0.2, 0.25) is 0 Å². The van der Waals surface area contributed by atoms with Crippen molar-refractivity contribution in [1.29, 1.82) is 0 Å². The summed E-state index contributed by atoms with van der Waals surface area (Å²) in [6, 6.07) is -7.66. The third-order valence-electron chi connectivity index (χ3n) is 18.2. The van der Waals surface area contributed by atoms with Crippen LogP contribution in [0.4, 0.5) is 0 Å². The highest BCUT2D eigenvalue weighted by Gasteiger charge is 2.64. The topological polar surface area (TPSA) is 759 Å². The summed E-state index contributed by atoms with van der Waals surface area (Å²) in [5.41, 5.74) is 0. The fraction of sp³-hybridized carbons (Fsp3) is 0.893. The van der Waals surface area contributed by atoms with Gasteiger partial charge in [0.2, 0.25) is 23.6 Å². The summed E-state index contributed by atoms with van der Waals surface area (Å²) in [6.45, 7) is -2.95. The van der Waals surface area contributed by atoms with Crippen molar-refractivity contribution in [3.63, 3.8) is 0 Å². The van der Waals surface area contributed by atoms with Gasteiger partial charge in [-0.05, 0) is 6.92 Å². The lowest BCUT2D eigenvalue weighted by atomic mass is 9.88. The molecular formula is C56H92N4O44S. The normalized spacial score (nSPS) is 43.8. The minimum atomic E-state index is -5.64. The summed E-state index contributed by atoms with van der Waals surface area (Å²) in [5, 5.41) is 240. The van der Waals surface area contributed by atoms with E-state index >= 15 is 0 Å². The minimum absolute atomic E-state index is 0.845. The van der Waals surface area contributed by atoms with Gasteiger partial charge in [-0.3, -0.25) is 23.7 Å². The van der Waals surface area contributed by atoms with Gasteiger partial charge in [-0.15, -0.1) is 0 Å². The molecule has 0 bridgehead atoms. The van der Waals surface area contributed by atoms with Crippen LogP contribution in [0.5, 0.6) is 0 Å². The molecule has 4 amide bonds. The predicted molar refractivity (Wildman–Crippen MR) is 322 cm³/mol. The molecule has 7 aliphatic rings. The molecule has 49 heteroatoms. The number of rotatable bonds is 30. The Bertz CT molecular complexity index is 3030. The van der Waals surface area contributed by atoms with Crippen LogP contribution < -0.4 is 21.3 Å². The molecule has 0 radical (unpaired) electrons. The average Bonchev–Trinajstić information content (AvgIpc) is 0.766. The second kappa shape index (κ2) is 36.5. The monoisotopic (exact) mass is 1560 g/mol. The zero-order valence-electron chi connectivity index (χ0n) is 56.1. The Hall–Kier alpha value is -4.59. The second-order valence-electron chi connectivity index (χ2n) is 25.9. The first kappa shape index (κ1) is 87.6. The van der Waals surface area contributed by atoms with Crippen LogP contribution in [0.1, 0.15) is 47.5 Å². The van der Waals surface area contributed by atoms with Crippen LogP contribution in [0, 0.1) is 0 Å². The number of carboxylic acid groups (broad SMARTS) is 2. The Kier molecular flexibility index (Phi) is 30.5. The maximum absolute atomic E-state index is 13.4. The minimum Gasteiger partial charge on any atom is -0.477 e. The van der Waals surface area contributed by atoms with Crippen LogP contribution in [-0.2, 0) is 105 Å². The van der Waals surface area contributed by atoms with Crippen LogP contribution in [0.25, 0.3) is 0 Å². The van der Waals surface area contributed by atoms with Gasteiger partial charge in [0.1, 0.15) is 152 Å². The van der Waals surface area contributed by atoms with Crippen LogP contribution in [-0.4, -0.2) is 421 Å². The Morgan fingerprint density at radius 2 is 0.848 bits per heavy atom. The molecule has 26 N–H and O–H groups in total. The fourth-order valence-corrected chi connectivity index (χ4v) is 13.3. The zero-order valence-corrected chi connectivity index (χ0v) is 56.9. The number of amides is 4. The molecule has 37 atom stereocenters. The van der Waals surface area contributed by atoms with E-state index in [1.807, 2.05) is 0 Å². The van der Waals surface area contributed by atoms with E-state index in [-0.39, 0.29) is 0 Å². The van der Waals surface area contributed by atoms with Gasteiger partial charge in [0.05, 0.1) is 70.0 Å². The van der Waals surface area contributed by atoms with Gasteiger partial charge in [0, 0.05) is 40.5 Å². The Labute approximate surface area is 593 Å². The van der Waals surface area contributed by atoms with Crippen molar-refractivity contribution in [2.24, 2.45) is 0 Å². The number of aliphatic hydroxyl groups is 19. The first-order chi connectivity index (χ1) is 49.0. The van der Waals surface area contributed by atoms with Crippen molar-refractivity contribution in [2.45, 2.75) is 273 Å². The number of carbonyl (C=O) groups excluding carboxylic acids is 4. The number of hydrogen-bond donors (Lipinski definition) is 26. The quantitative estimate of drug-likeness (QED) is 0.0297. The van der Waals surface area contributed by atoms with Crippen LogP contribution in [0.3, 0.4) is 0 Å². The Morgan fingerprint density at radius 3 is 1.26 bits per heavy atom. The van der Waals surface area contributed by atoms with E-state index < -0.39 is 324 Å². The molecule has 0 aromatic rings. The highest BCUT2D eigenvalue weighted by atomic mass is 32.3. The van der Waals surface area contributed by atoms with Gasteiger partial charge in [-0.2, -0.15) is 8.42 Å². The maximum atomic E-state index is 13.4. The maximum Gasteiger partial charge on any atom is 0.397 e. The summed E-state index contributed by atoms with van der Waals surface area (Å²) in [7, 11) is -5.64. The number of carbonyl (C=O) groups is 6. The van der Waals surface area contributed by atoms with E-state index in [1.165, 1.54) is 0 Å². The van der Waals surface area contributed by atoms with Crippen molar-refractivity contribution in [3.05, 3.63) is 0 Å². The van der Waals surface area contributed by atoms with E-state index in [9.17, 15) is 149 Å². The number of ether oxygens (including phenoxy) is 13. The molecule has 0 spiro atoms. The predicted octanol–water partition coefficient (Wildman–Crippen LogP) is -16.4. The lowest BCUT2D eigenvalue weighted by Gasteiger charge is -2.52. The molecule has 0 unspecified atom stereocenters. The highest BCUT2D eigenvalue weighted by molar-refractivity contribution is 7.80. The van der Waals surface area contributed by atoms with Gasteiger partial charge < -0.3 is 190 Å². The molecule has 7 aliphatic heterocycles. The van der Waals surface area contributed by atoms with E-state index in [0.29, 0.717) is 0 Å². The highest BCUT2D eigenvalue weighted by Crippen LogP contribution is 2.42. The lowest BCUT2D eigenvalue weighted by molar-refractivity contribution is -0.392. The Balaban J connectivity index is 1.25. The van der Waals surface area contributed by atoms with Gasteiger partial charge in [-0.25, -0.2) is 13.8 Å². The van der Waals surface area contributed by atoms with Crippen molar-refractivity contribution in [3.8, 4) is 0 Å². The van der Waals surface area contributed by atoms with Gasteiger partial charge in [0.15, 0.2) is 31.5 Å². The third-order valence-corrected chi connectivity index (χ3v) is 18.7. The number of aliphatic carboxylic acids is 2. The molecule has 606 valence electrons. The van der Waals surface area contributed by atoms with Crippen LogP contribution >= 0.6 is 0 Å². The molecule has 0 saturated carbocycles. The molecule has 0 aromatic carbocycles. The summed E-state index contributed by atoms with van der Waals surface area (Å²) in [6.07, 6.45) is -72.7. The van der Waals surface area contributed by atoms with Gasteiger partial charge in [0.25, 0.3) is 11.6 Å². The molecule has 7 heterocycles. The van der Waals surface area contributed by atoms with Crippen LogP contribution in [0.15, 0.2) is 0 Å². The summed E-state index contributed by atoms with van der Waals surface area (Å²) >= 11 is 0. The summed E-state index contributed by atoms with van der Waals surface area (Å²) in [5.74, 6) is -14.9. The summed E-state index contributed by atoms with van der Waals surface area (Å²) < 4.78 is 115. The lowest BCUT2D eigenvalue weighted by Crippen LogP contribution is -2.72. The number of carboxylic acids is 2. The SMILES string of the molecule is CC(=O)N[C@@H]1[C@@H](O[C@@H]2O[C@H](CO)[C@H](O)[C@H](O[C@]3(C(=O)O)C[C@H](O)[C@@H](NC(C)=O)[C@H]([C@H](O)[C@H](O)CO)O3)[C@H]2O)[C@@H](O)[C@@H](CO[C@@H]2O[C@H](COS(=O)(=O)O)[C@@H](O[C@@H]3O[C@H](CO)[C@H](O)[C@H](O[C@]4(C(=O)O)C[C@H](O)[C@@H](NC(C)=O)[C@H]([C@H](O)[C@H](O)CO)O4)[C@H]3O)[C@H](O[C@@H]3O[C@@H](C)[C@@H](O)[C@@H](O)[C@@H]3O)[C@H]2NC(C)=O)O[C@@H]1O. The number of aliphatic hydroxyl groups excluding tert-OH is 19. The van der Waals surface area contributed by atoms with Crippen molar-refractivity contribution < 1.29 is 215 Å². The first-order valence-corrected chi connectivity index (χ1v) is 33.7. The Morgan fingerprint density at radius 1 is 0.457 bits per heavy atom. The molecule has 0 aliphatic carbocycles. The number of hydrogen-bond acceptors (Lipinski definition) is 41. The number of nitrogens with one attached hydrogen (secondary N) is 4. The first-order valence-electron chi connectivity index (χ1n) is 32.4. The molecular weight excluding hydrogens is 1460 g/mol. The molecule has 105 heavy (non-hydrogen) atoms. The molecule has 7 saturated heterocycles. The van der Waals surface area contributed by atoms with E-state index in [4.69, 9.17) is 61.6 Å². The van der Waals surface area contributed by atoms with E-state index in [1.54, 1.807) is 0 Å². The third kappa shape index (κ3) is 20.1. The van der Waals surface area contributed by atoms with Gasteiger partial charge >= 0.3 is 22.3 Å². The van der Waals surface area contributed by atoms with Crippen molar-refractivity contribution in [1.82, 2.24) is 21.3 Å².